The summed E-state index contributed by atoms with van der Waals surface area (Å²) in [6, 6.07) is 17.4. The molecule has 1 amide bonds. The largest absolute Gasteiger partial charge is 0.460 e. The van der Waals surface area contributed by atoms with Gasteiger partial charge in [-0.05, 0) is 31.5 Å². The summed E-state index contributed by atoms with van der Waals surface area (Å²) in [5.41, 5.74) is 1.30. The third kappa shape index (κ3) is 7.07. The van der Waals surface area contributed by atoms with E-state index in [1.165, 1.54) is 0 Å². The zero-order valence-electron chi connectivity index (χ0n) is 15.8. The normalized spacial score (nSPS) is 11.8. The molecular formula is C22H23NO5. The number of ether oxygens (including phenoxy) is 2. The fourth-order valence-electron chi connectivity index (χ4n) is 2.36. The Balaban J connectivity index is 2.00. The topological polar surface area (TPSA) is 81.7 Å². The summed E-state index contributed by atoms with van der Waals surface area (Å²) in [7, 11) is 0. The van der Waals surface area contributed by atoms with Gasteiger partial charge in [-0.25, -0.2) is 9.59 Å². The molecule has 1 atom stereocenters. The van der Waals surface area contributed by atoms with E-state index in [1.807, 2.05) is 36.4 Å². The second kappa shape index (κ2) is 10.7. The smallest absolute Gasteiger partial charge is 0.331 e. The lowest BCUT2D eigenvalue weighted by Crippen LogP contribution is -2.32. The first-order chi connectivity index (χ1) is 13.5. The molecule has 0 saturated heterocycles. The van der Waals surface area contributed by atoms with Crippen LogP contribution in [0, 0.1) is 0 Å². The van der Waals surface area contributed by atoms with Crippen molar-refractivity contribution < 1.29 is 23.9 Å². The Labute approximate surface area is 164 Å². The predicted octanol–water partition coefficient (Wildman–Crippen LogP) is 3.21. The molecule has 2 aromatic rings. The number of esters is 2. The van der Waals surface area contributed by atoms with Crippen molar-refractivity contribution in [2.45, 2.75) is 26.0 Å². The average molecular weight is 381 g/mol. The average Bonchev–Trinajstić information content (AvgIpc) is 2.70. The highest BCUT2D eigenvalue weighted by Crippen LogP contribution is 2.14. The number of amides is 1. The van der Waals surface area contributed by atoms with E-state index in [0.717, 1.165) is 17.7 Å². The summed E-state index contributed by atoms with van der Waals surface area (Å²) >= 11 is 0. The maximum atomic E-state index is 12.5. The molecule has 0 aliphatic carbocycles. The molecule has 0 aromatic heterocycles. The predicted molar refractivity (Wildman–Crippen MR) is 104 cm³/mol. The van der Waals surface area contributed by atoms with Gasteiger partial charge in [0.15, 0.2) is 0 Å². The summed E-state index contributed by atoms with van der Waals surface area (Å²) in [5.74, 6) is -1.60. The molecular weight excluding hydrogens is 358 g/mol. The maximum Gasteiger partial charge on any atom is 0.331 e. The molecule has 0 bridgehead atoms. The molecule has 6 nitrogen and oxygen atoms in total. The number of hydrogen-bond acceptors (Lipinski definition) is 5. The van der Waals surface area contributed by atoms with E-state index in [1.54, 1.807) is 38.1 Å². The van der Waals surface area contributed by atoms with E-state index in [9.17, 15) is 14.4 Å². The Bertz CT molecular complexity index is 815. The lowest BCUT2D eigenvalue weighted by molar-refractivity contribution is -0.143. The zero-order chi connectivity index (χ0) is 20.4. The Morgan fingerprint density at radius 1 is 0.893 bits per heavy atom. The van der Waals surface area contributed by atoms with Crippen LogP contribution < -0.4 is 5.32 Å². The number of carbonyl (C=O) groups is 3. The Morgan fingerprint density at radius 3 is 2.07 bits per heavy atom. The van der Waals surface area contributed by atoms with Gasteiger partial charge >= 0.3 is 11.9 Å². The van der Waals surface area contributed by atoms with E-state index < -0.39 is 18.0 Å². The summed E-state index contributed by atoms with van der Waals surface area (Å²) < 4.78 is 10.1. The fraction of sp³-hybridized carbons (Fsp3) is 0.227. The van der Waals surface area contributed by atoms with Crippen LogP contribution in [0.15, 0.2) is 72.8 Å². The maximum absolute atomic E-state index is 12.5. The molecule has 0 heterocycles. The molecule has 28 heavy (non-hydrogen) atoms. The minimum Gasteiger partial charge on any atom is -0.460 e. The van der Waals surface area contributed by atoms with Gasteiger partial charge in [-0.15, -0.1) is 0 Å². The number of benzene rings is 2. The molecule has 0 fully saturated rings. The lowest BCUT2D eigenvalue weighted by atomic mass is 10.1. The van der Waals surface area contributed by atoms with Crippen molar-refractivity contribution in [3.63, 3.8) is 0 Å². The van der Waals surface area contributed by atoms with E-state index in [4.69, 9.17) is 9.47 Å². The lowest BCUT2D eigenvalue weighted by Gasteiger charge is -2.19. The van der Waals surface area contributed by atoms with Crippen LogP contribution in [-0.4, -0.2) is 30.6 Å². The number of hydrogen-bond donors (Lipinski definition) is 1. The fourth-order valence-corrected chi connectivity index (χ4v) is 2.36. The van der Waals surface area contributed by atoms with Crippen LogP contribution in [0.5, 0.6) is 0 Å². The molecule has 0 saturated carbocycles. The molecule has 1 N–H and O–H groups in total. The SMILES string of the molecule is CC(C)OC(=O)/C=C/C(=O)OCC(NC(=O)c1ccccc1)c1ccccc1. The molecule has 0 aliphatic rings. The van der Waals surface area contributed by atoms with Crippen molar-refractivity contribution in [3.8, 4) is 0 Å². The quantitative estimate of drug-likeness (QED) is 0.561. The monoisotopic (exact) mass is 381 g/mol. The highest BCUT2D eigenvalue weighted by molar-refractivity contribution is 5.94. The van der Waals surface area contributed by atoms with Crippen molar-refractivity contribution in [3.05, 3.63) is 83.9 Å². The van der Waals surface area contributed by atoms with Gasteiger partial charge in [0.1, 0.15) is 6.61 Å². The van der Waals surface area contributed by atoms with Crippen LogP contribution in [0.25, 0.3) is 0 Å². The molecule has 1 unspecified atom stereocenters. The van der Waals surface area contributed by atoms with Crippen molar-refractivity contribution in [1.29, 1.82) is 0 Å². The van der Waals surface area contributed by atoms with Gasteiger partial charge in [-0.3, -0.25) is 4.79 Å². The molecule has 146 valence electrons. The van der Waals surface area contributed by atoms with Crippen LogP contribution in [0.1, 0.15) is 35.8 Å². The third-order valence-corrected chi connectivity index (χ3v) is 3.64. The molecule has 0 radical (unpaired) electrons. The minimum atomic E-state index is -0.699. The Hall–Kier alpha value is -3.41. The number of nitrogens with one attached hydrogen (secondary N) is 1. The van der Waals surface area contributed by atoms with Crippen molar-refractivity contribution >= 4 is 17.8 Å². The van der Waals surface area contributed by atoms with Gasteiger partial charge in [-0.2, -0.15) is 0 Å². The molecule has 2 aromatic carbocycles. The first-order valence-electron chi connectivity index (χ1n) is 8.92. The second-order valence-corrected chi connectivity index (χ2v) is 6.25. The minimum absolute atomic E-state index is 0.0784. The van der Waals surface area contributed by atoms with Gasteiger partial charge in [0.2, 0.25) is 0 Å². The molecule has 2 rings (SSSR count). The summed E-state index contributed by atoms with van der Waals surface area (Å²) in [5, 5.41) is 2.86. The van der Waals surface area contributed by atoms with Gasteiger partial charge in [0.25, 0.3) is 5.91 Å². The van der Waals surface area contributed by atoms with Gasteiger partial charge in [-0.1, -0.05) is 48.5 Å². The Kier molecular flexibility index (Phi) is 7.96. The van der Waals surface area contributed by atoms with Crippen molar-refractivity contribution in [2.75, 3.05) is 6.61 Å². The first kappa shape index (κ1) is 20.9. The third-order valence-electron chi connectivity index (χ3n) is 3.64. The zero-order valence-corrected chi connectivity index (χ0v) is 15.8. The van der Waals surface area contributed by atoms with E-state index in [2.05, 4.69) is 5.32 Å². The summed E-state index contributed by atoms with van der Waals surface area (Å²) in [4.78, 5) is 35.8. The second-order valence-electron chi connectivity index (χ2n) is 6.25. The van der Waals surface area contributed by atoms with Crippen LogP contribution in [0.4, 0.5) is 0 Å². The summed E-state index contributed by atoms with van der Waals surface area (Å²) in [6.07, 6.45) is 1.75. The first-order valence-corrected chi connectivity index (χ1v) is 8.92. The van der Waals surface area contributed by atoms with Gasteiger partial charge in [0.05, 0.1) is 12.1 Å². The van der Waals surface area contributed by atoms with E-state index in [-0.39, 0.29) is 18.6 Å². The molecule has 0 spiro atoms. The van der Waals surface area contributed by atoms with Crippen LogP contribution >= 0.6 is 0 Å². The van der Waals surface area contributed by atoms with Crippen molar-refractivity contribution in [1.82, 2.24) is 5.32 Å². The highest BCUT2D eigenvalue weighted by Gasteiger charge is 2.17. The van der Waals surface area contributed by atoms with Crippen LogP contribution in [0.3, 0.4) is 0 Å². The highest BCUT2D eigenvalue weighted by atomic mass is 16.5. The number of rotatable bonds is 8. The molecule has 0 aliphatic heterocycles. The van der Waals surface area contributed by atoms with Crippen LogP contribution in [-0.2, 0) is 19.1 Å². The van der Waals surface area contributed by atoms with E-state index in [0.29, 0.717) is 5.56 Å². The Morgan fingerprint density at radius 2 is 1.46 bits per heavy atom. The van der Waals surface area contributed by atoms with E-state index >= 15 is 0 Å². The summed E-state index contributed by atoms with van der Waals surface area (Å²) in [6.45, 7) is 3.35. The van der Waals surface area contributed by atoms with Gasteiger partial charge < -0.3 is 14.8 Å². The molecule has 6 heteroatoms. The van der Waals surface area contributed by atoms with Gasteiger partial charge in [0, 0.05) is 17.7 Å². The van der Waals surface area contributed by atoms with Crippen molar-refractivity contribution in [2.24, 2.45) is 0 Å². The standard InChI is InChI=1S/C22H23NO5/c1-16(2)28-21(25)14-13-20(24)27-15-19(17-9-5-3-6-10-17)23-22(26)18-11-7-4-8-12-18/h3-14,16,19H,15H2,1-2H3,(H,23,26)/b14-13+. The number of carbonyl (C=O) groups excluding carboxylic acids is 3. The van der Waals surface area contributed by atoms with Crippen LogP contribution in [0.2, 0.25) is 0 Å².